The lowest BCUT2D eigenvalue weighted by atomic mass is 9.46. The molecule has 4 aliphatic carbocycles. The van der Waals surface area contributed by atoms with E-state index in [1.807, 2.05) is 6.92 Å². The summed E-state index contributed by atoms with van der Waals surface area (Å²) in [5.74, 6) is 2.83. The van der Waals surface area contributed by atoms with E-state index in [9.17, 15) is 4.79 Å². The van der Waals surface area contributed by atoms with Gasteiger partial charge >= 0.3 is 0 Å². The molecule has 0 bridgehead atoms. The van der Waals surface area contributed by atoms with Crippen LogP contribution in [0.3, 0.4) is 0 Å². The van der Waals surface area contributed by atoms with Gasteiger partial charge in [0, 0.05) is 5.33 Å². The lowest BCUT2D eigenvalue weighted by molar-refractivity contribution is -0.127. The van der Waals surface area contributed by atoms with Gasteiger partial charge < -0.3 is 5.73 Å². The summed E-state index contributed by atoms with van der Waals surface area (Å²) in [5.41, 5.74) is 7.69. The zero-order valence-electron chi connectivity index (χ0n) is 17.3. The largest absolute Gasteiger partial charge is 0.369 e. The maximum absolute atomic E-state index is 12.2. The molecular formula is C24H36BrNO. The molecule has 0 saturated heterocycles. The first-order chi connectivity index (χ1) is 12.7. The summed E-state index contributed by atoms with van der Waals surface area (Å²) in [6.07, 6.45) is 17.6. The first-order valence-corrected chi connectivity index (χ1v) is 12.1. The molecule has 0 heterocycles. The summed E-state index contributed by atoms with van der Waals surface area (Å²) < 4.78 is 0. The first-order valence-electron chi connectivity index (χ1n) is 11.0. The van der Waals surface area contributed by atoms with E-state index >= 15 is 0 Å². The second kappa shape index (κ2) is 6.75. The highest BCUT2D eigenvalue weighted by Gasteiger charge is 2.57. The maximum atomic E-state index is 12.2. The van der Waals surface area contributed by atoms with Crippen molar-refractivity contribution in [3.8, 4) is 0 Å². The normalized spacial score (nSPS) is 45.3. The van der Waals surface area contributed by atoms with E-state index in [4.69, 9.17) is 5.73 Å². The Morgan fingerprint density at radius 2 is 2.04 bits per heavy atom. The van der Waals surface area contributed by atoms with Crippen molar-refractivity contribution < 1.29 is 4.79 Å². The lowest BCUT2D eigenvalue weighted by Crippen LogP contribution is -2.52. The SMILES string of the molecule is CC(CBr)(CC1CC=CC2=CC[C@@H]3[C@@H](CC[C@]4(C)CCC[C@@H]34)[C@]21C)C(N)=O. The fourth-order valence-corrected chi connectivity index (χ4v) is 8.01. The quantitative estimate of drug-likeness (QED) is 0.541. The van der Waals surface area contributed by atoms with Crippen molar-refractivity contribution in [2.24, 2.45) is 45.7 Å². The summed E-state index contributed by atoms with van der Waals surface area (Å²) in [6.45, 7) is 7.14. The van der Waals surface area contributed by atoms with Gasteiger partial charge in [-0.3, -0.25) is 4.79 Å². The fourth-order valence-electron chi connectivity index (χ4n) is 7.50. The van der Waals surface area contributed by atoms with E-state index in [0.717, 1.165) is 30.6 Å². The minimum Gasteiger partial charge on any atom is -0.369 e. The van der Waals surface area contributed by atoms with Crippen molar-refractivity contribution in [1.29, 1.82) is 0 Å². The third-order valence-electron chi connectivity index (χ3n) is 9.37. The van der Waals surface area contributed by atoms with Crippen molar-refractivity contribution in [3.63, 3.8) is 0 Å². The van der Waals surface area contributed by atoms with E-state index in [1.54, 1.807) is 5.57 Å². The van der Waals surface area contributed by atoms with Crippen LogP contribution in [-0.2, 0) is 4.79 Å². The molecule has 2 fully saturated rings. The number of carbonyl (C=O) groups is 1. The zero-order chi connectivity index (χ0) is 19.4. The Bertz CT molecular complexity index is 684. The molecule has 4 rings (SSSR count). The highest BCUT2D eigenvalue weighted by molar-refractivity contribution is 9.09. The maximum Gasteiger partial charge on any atom is 0.224 e. The van der Waals surface area contributed by atoms with E-state index in [1.165, 1.54) is 38.5 Å². The number of carbonyl (C=O) groups excluding carboxylic acids is 1. The Morgan fingerprint density at radius 3 is 2.74 bits per heavy atom. The van der Waals surface area contributed by atoms with Crippen molar-refractivity contribution in [1.82, 2.24) is 0 Å². The Labute approximate surface area is 173 Å². The predicted octanol–water partition coefficient (Wildman–Crippen LogP) is 6.01. The number of nitrogens with two attached hydrogens (primary N) is 1. The smallest absolute Gasteiger partial charge is 0.224 e. The number of hydrogen-bond donors (Lipinski definition) is 1. The molecular weight excluding hydrogens is 398 g/mol. The molecule has 0 aromatic rings. The molecule has 0 spiro atoms. The molecule has 150 valence electrons. The standard InChI is InChI=1S/C24H36BrNO/c1-22-12-5-8-19(22)18-10-9-16-6-4-7-17(14-23(2,15-25)21(26)27)24(16,3)20(18)11-13-22/h4,6,9,17-20H,5,7-8,10-15H2,1-3H3,(H2,26,27)/t17?,18-,19-,20+,22-,23?,24+/m0/s1. The van der Waals surface area contributed by atoms with Crippen molar-refractivity contribution in [3.05, 3.63) is 23.8 Å². The van der Waals surface area contributed by atoms with Crippen molar-refractivity contribution >= 4 is 21.8 Å². The second-order valence-electron chi connectivity index (χ2n) is 10.7. The summed E-state index contributed by atoms with van der Waals surface area (Å²) in [5, 5.41) is 0.652. The molecule has 0 aliphatic heterocycles. The molecule has 27 heavy (non-hydrogen) atoms. The zero-order valence-corrected chi connectivity index (χ0v) is 18.9. The van der Waals surface area contributed by atoms with Gasteiger partial charge in [0.1, 0.15) is 0 Å². The third kappa shape index (κ3) is 2.90. The fraction of sp³-hybridized carbons (Fsp3) is 0.792. The molecule has 0 radical (unpaired) electrons. The van der Waals surface area contributed by atoms with Crippen LogP contribution in [-0.4, -0.2) is 11.2 Å². The van der Waals surface area contributed by atoms with Gasteiger partial charge in [-0.05, 0) is 91.9 Å². The summed E-state index contributed by atoms with van der Waals surface area (Å²) in [7, 11) is 0. The molecule has 2 nitrogen and oxygen atoms in total. The average molecular weight is 434 g/mol. The molecule has 0 aromatic carbocycles. The predicted molar refractivity (Wildman–Crippen MR) is 115 cm³/mol. The van der Waals surface area contributed by atoms with Crippen LogP contribution in [0.1, 0.15) is 72.1 Å². The third-order valence-corrected chi connectivity index (χ3v) is 10.6. The van der Waals surface area contributed by atoms with Crippen LogP contribution >= 0.6 is 15.9 Å². The van der Waals surface area contributed by atoms with Gasteiger partial charge in [-0.25, -0.2) is 0 Å². The topological polar surface area (TPSA) is 43.1 Å². The minimum atomic E-state index is -0.465. The van der Waals surface area contributed by atoms with Gasteiger partial charge in [0.05, 0.1) is 5.41 Å². The number of hydrogen-bond acceptors (Lipinski definition) is 1. The second-order valence-corrected chi connectivity index (χ2v) is 11.3. The number of primary amides is 1. The van der Waals surface area contributed by atoms with E-state index in [2.05, 4.69) is 48.0 Å². The molecule has 2 unspecified atom stereocenters. The van der Waals surface area contributed by atoms with Gasteiger partial charge in [-0.2, -0.15) is 0 Å². The Balaban J connectivity index is 1.69. The molecule has 7 atom stereocenters. The number of amides is 1. The Kier molecular flexibility index (Phi) is 4.93. The lowest BCUT2D eigenvalue weighted by Gasteiger charge is -2.59. The van der Waals surface area contributed by atoms with Crippen LogP contribution in [0, 0.1) is 39.9 Å². The van der Waals surface area contributed by atoms with Crippen LogP contribution in [0.4, 0.5) is 0 Å². The molecule has 4 aliphatic rings. The average Bonchev–Trinajstić information content (AvgIpc) is 3.04. The van der Waals surface area contributed by atoms with Crippen LogP contribution in [0.15, 0.2) is 23.8 Å². The number of allylic oxidation sites excluding steroid dienone is 4. The minimum absolute atomic E-state index is 0.164. The highest BCUT2D eigenvalue weighted by atomic mass is 79.9. The monoisotopic (exact) mass is 433 g/mol. The van der Waals surface area contributed by atoms with E-state index < -0.39 is 5.41 Å². The van der Waals surface area contributed by atoms with Crippen LogP contribution < -0.4 is 5.73 Å². The molecule has 0 aromatic heterocycles. The van der Waals surface area contributed by atoms with Gasteiger partial charge in [0.15, 0.2) is 0 Å². The molecule has 1 amide bonds. The summed E-state index contributed by atoms with van der Waals surface area (Å²) in [4.78, 5) is 12.2. The molecule has 2 saturated carbocycles. The van der Waals surface area contributed by atoms with Gasteiger partial charge in [0.25, 0.3) is 0 Å². The van der Waals surface area contributed by atoms with Gasteiger partial charge in [0.2, 0.25) is 5.91 Å². The molecule has 3 heteroatoms. The number of alkyl halides is 1. The number of fused-ring (bicyclic) bond motifs is 5. The Morgan fingerprint density at radius 1 is 1.26 bits per heavy atom. The first kappa shape index (κ1) is 19.7. The summed E-state index contributed by atoms with van der Waals surface area (Å²) >= 11 is 3.58. The van der Waals surface area contributed by atoms with Gasteiger partial charge in [-0.1, -0.05) is 54.4 Å². The Hall–Kier alpha value is -0.570. The van der Waals surface area contributed by atoms with Gasteiger partial charge in [-0.15, -0.1) is 0 Å². The van der Waals surface area contributed by atoms with Crippen LogP contribution in [0.25, 0.3) is 0 Å². The van der Waals surface area contributed by atoms with Crippen LogP contribution in [0.5, 0.6) is 0 Å². The van der Waals surface area contributed by atoms with E-state index in [-0.39, 0.29) is 11.3 Å². The van der Waals surface area contributed by atoms with Crippen LogP contribution in [0.2, 0.25) is 0 Å². The van der Waals surface area contributed by atoms with Crippen molar-refractivity contribution in [2.45, 2.75) is 72.1 Å². The molecule has 2 N–H and O–H groups in total. The van der Waals surface area contributed by atoms with Crippen molar-refractivity contribution in [2.75, 3.05) is 5.33 Å². The number of halogens is 1. The highest BCUT2D eigenvalue weighted by Crippen LogP contribution is 2.66. The summed E-state index contributed by atoms with van der Waals surface area (Å²) in [6, 6.07) is 0. The number of rotatable bonds is 4. The van der Waals surface area contributed by atoms with E-state index in [0.29, 0.717) is 16.7 Å².